The molecule has 3 rings (SSSR count). The number of nitro groups is 1. The SMILES string of the molecule is COc1cc(/C=N/Nc2ccc([N+](=O)[O-])cn2)cc(I)c1OCc1ccc(Cl)c(Cl)c1. The Kier molecular flexibility index (Phi) is 7.88. The second-order valence-corrected chi connectivity index (χ2v) is 8.08. The molecule has 0 aliphatic rings. The Bertz CT molecular complexity index is 1130. The molecule has 8 nitrogen and oxygen atoms in total. The lowest BCUT2D eigenvalue weighted by atomic mass is 10.2. The summed E-state index contributed by atoms with van der Waals surface area (Å²) in [5.41, 5.74) is 4.27. The summed E-state index contributed by atoms with van der Waals surface area (Å²) in [6.07, 6.45) is 2.74. The van der Waals surface area contributed by atoms with E-state index in [9.17, 15) is 10.1 Å². The summed E-state index contributed by atoms with van der Waals surface area (Å²) < 4.78 is 12.2. The zero-order chi connectivity index (χ0) is 22.4. The Balaban J connectivity index is 1.69. The van der Waals surface area contributed by atoms with E-state index in [1.807, 2.05) is 12.1 Å². The van der Waals surface area contributed by atoms with Gasteiger partial charge in [0.2, 0.25) is 0 Å². The molecule has 0 spiro atoms. The van der Waals surface area contributed by atoms with Crippen molar-refractivity contribution in [2.45, 2.75) is 6.61 Å². The third-order valence-corrected chi connectivity index (χ3v) is 5.51. The second-order valence-electron chi connectivity index (χ2n) is 6.10. The van der Waals surface area contributed by atoms with E-state index in [0.717, 1.165) is 20.9 Å². The number of methoxy groups -OCH3 is 1. The fraction of sp³-hybridized carbons (Fsp3) is 0.100. The summed E-state index contributed by atoms with van der Waals surface area (Å²) in [6, 6.07) is 11.8. The van der Waals surface area contributed by atoms with Crippen molar-refractivity contribution in [2.24, 2.45) is 5.10 Å². The van der Waals surface area contributed by atoms with E-state index in [-0.39, 0.29) is 5.69 Å². The molecule has 1 heterocycles. The van der Waals surface area contributed by atoms with Crippen molar-refractivity contribution in [1.29, 1.82) is 0 Å². The van der Waals surface area contributed by atoms with Crippen LogP contribution in [0.4, 0.5) is 11.5 Å². The van der Waals surface area contributed by atoms with Crippen LogP contribution in [0.1, 0.15) is 11.1 Å². The lowest BCUT2D eigenvalue weighted by molar-refractivity contribution is -0.385. The fourth-order valence-corrected chi connectivity index (χ4v) is 3.57. The minimum atomic E-state index is -0.514. The van der Waals surface area contributed by atoms with Crippen LogP contribution < -0.4 is 14.9 Å². The van der Waals surface area contributed by atoms with Gasteiger partial charge in [-0.3, -0.25) is 15.5 Å². The van der Waals surface area contributed by atoms with Crippen LogP contribution in [0, 0.1) is 13.7 Å². The molecule has 0 atom stereocenters. The predicted molar refractivity (Wildman–Crippen MR) is 129 cm³/mol. The molecule has 160 valence electrons. The first-order valence-corrected chi connectivity index (χ1v) is 10.5. The molecular formula is C20H15Cl2IN4O4. The molecule has 3 aromatic rings. The monoisotopic (exact) mass is 572 g/mol. The number of pyridine rings is 1. The predicted octanol–water partition coefficient (Wildman–Crippen LogP) is 5.93. The number of hydrogen-bond acceptors (Lipinski definition) is 7. The number of aromatic nitrogens is 1. The maximum Gasteiger partial charge on any atom is 0.287 e. The molecule has 0 aliphatic carbocycles. The van der Waals surface area contributed by atoms with Crippen LogP contribution in [0.25, 0.3) is 0 Å². The molecule has 0 bridgehead atoms. The van der Waals surface area contributed by atoms with E-state index in [0.29, 0.717) is 34.0 Å². The molecule has 31 heavy (non-hydrogen) atoms. The van der Waals surface area contributed by atoms with Crippen LogP contribution >= 0.6 is 45.8 Å². The number of nitrogens with zero attached hydrogens (tertiary/aromatic N) is 3. The van der Waals surface area contributed by atoms with Crippen molar-refractivity contribution in [2.75, 3.05) is 12.5 Å². The van der Waals surface area contributed by atoms with Crippen molar-refractivity contribution < 1.29 is 14.4 Å². The minimum absolute atomic E-state index is 0.0923. The van der Waals surface area contributed by atoms with Gasteiger partial charge in [-0.05, 0) is 64.0 Å². The van der Waals surface area contributed by atoms with Crippen molar-refractivity contribution in [1.82, 2.24) is 4.98 Å². The van der Waals surface area contributed by atoms with Crippen LogP contribution in [-0.4, -0.2) is 23.2 Å². The van der Waals surface area contributed by atoms with Gasteiger partial charge in [-0.2, -0.15) is 5.10 Å². The topological polar surface area (TPSA) is 98.9 Å². The molecular weight excluding hydrogens is 558 g/mol. The lowest BCUT2D eigenvalue weighted by Gasteiger charge is -2.14. The Labute approximate surface area is 201 Å². The van der Waals surface area contributed by atoms with E-state index in [1.54, 1.807) is 31.5 Å². The first-order chi connectivity index (χ1) is 14.9. The molecule has 0 saturated carbocycles. The van der Waals surface area contributed by atoms with Gasteiger partial charge in [0, 0.05) is 6.07 Å². The largest absolute Gasteiger partial charge is 0.493 e. The molecule has 1 aromatic heterocycles. The van der Waals surface area contributed by atoms with Gasteiger partial charge in [-0.25, -0.2) is 4.98 Å². The van der Waals surface area contributed by atoms with Gasteiger partial charge >= 0.3 is 0 Å². The average molecular weight is 573 g/mol. The first kappa shape index (κ1) is 23.0. The normalized spacial score (nSPS) is 10.8. The number of hydrogen-bond donors (Lipinski definition) is 1. The Morgan fingerprint density at radius 3 is 2.68 bits per heavy atom. The summed E-state index contributed by atoms with van der Waals surface area (Å²) in [5.74, 6) is 1.52. The summed E-state index contributed by atoms with van der Waals surface area (Å²) in [7, 11) is 1.55. The zero-order valence-electron chi connectivity index (χ0n) is 16.0. The standard InChI is InChI=1S/C20H15Cl2IN4O4/c1-30-18-8-13(9-25-26-19-5-3-14(10-24-19)27(28)29)7-17(23)20(18)31-11-12-2-4-15(21)16(22)6-12/h2-10H,11H2,1H3,(H,24,26)/b25-9+. The highest BCUT2D eigenvalue weighted by Gasteiger charge is 2.12. The minimum Gasteiger partial charge on any atom is -0.493 e. The van der Waals surface area contributed by atoms with Crippen LogP contribution in [0.2, 0.25) is 10.0 Å². The van der Waals surface area contributed by atoms with Crippen LogP contribution in [0.5, 0.6) is 11.5 Å². The van der Waals surface area contributed by atoms with Crippen LogP contribution in [0.15, 0.2) is 53.8 Å². The Hall–Kier alpha value is -2.63. The maximum atomic E-state index is 10.7. The number of hydrazone groups is 1. The Morgan fingerprint density at radius 2 is 2.03 bits per heavy atom. The number of halogens is 3. The smallest absolute Gasteiger partial charge is 0.287 e. The van der Waals surface area contributed by atoms with Gasteiger partial charge in [0.05, 0.1) is 31.9 Å². The van der Waals surface area contributed by atoms with Gasteiger partial charge in [0.15, 0.2) is 11.5 Å². The molecule has 0 aliphatic heterocycles. The number of benzene rings is 2. The van der Waals surface area contributed by atoms with Gasteiger partial charge in [0.1, 0.15) is 18.6 Å². The highest BCUT2D eigenvalue weighted by molar-refractivity contribution is 14.1. The molecule has 0 unspecified atom stereocenters. The van der Waals surface area contributed by atoms with Crippen molar-refractivity contribution >= 4 is 63.5 Å². The number of rotatable bonds is 8. The molecule has 1 N–H and O–H groups in total. The Morgan fingerprint density at radius 1 is 1.23 bits per heavy atom. The summed E-state index contributed by atoms with van der Waals surface area (Å²) >= 11 is 14.2. The van der Waals surface area contributed by atoms with Crippen molar-refractivity contribution in [3.8, 4) is 11.5 Å². The first-order valence-electron chi connectivity index (χ1n) is 8.71. The average Bonchev–Trinajstić information content (AvgIpc) is 2.75. The van der Waals surface area contributed by atoms with E-state index in [2.05, 4.69) is 38.1 Å². The van der Waals surface area contributed by atoms with Crippen LogP contribution in [-0.2, 0) is 6.61 Å². The van der Waals surface area contributed by atoms with E-state index in [4.69, 9.17) is 32.7 Å². The summed E-state index contributed by atoms with van der Waals surface area (Å²) in [4.78, 5) is 14.1. The summed E-state index contributed by atoms with van der Waals surface area (Å²) in [5, 5.41) is 15.7. The molecule has 2 aromatic carbocycles. The lowest BCUT2D eigenvalue weighted by Crippen LogP contribution is -2.01. The van der Waals surface area contributed by atoms with E-state index >= 15 is 0 Å². The third-order valence-electron chi connectivity index (χ3n) is 3.97. The molecule has 0 saturated heterocycles. The highest BCUT2D eigenvalue weighted by atomic mass is 127. The number of nitrogens with one attached hydrogen (secondary N) is 1. The maximum absolute atomic E-state index is 10.7. The second kappa shape index (κ2) is 10.6. The summed E-state index contributed by atoms with van der Waals surface area (Å²) in [6.45, 7) is 0.296. The van der Waals surface area contributed by atoms with Gasteiger partial charge in [-0.1, -0.05) is 29.3 Å². The van der Waals surface area contributed by atoms with Crippen molar-refractivity contribution in [3.63, 3.8) is 0 Å². The van der Waals surface area contributed by atoms with Crippen LogP contribution in [0.3, 0.4) is 0 Å². The van der Waals surface area contributed by atoms with Gasteiger partial charge < -0.3 is 9.47 Å². The molecule has 11 heteroatoms. The quantitative estimate of drug-likeness (QED) is 0.155. The fourth-order valence-electron chi connectivity index (χ4n) is 2.47. The molecule has 0 amide bonds. The highest BCUT2D eigenvalue weighted by Crippen LogP contribution is 2.34. The molecule has 0 radical (unpaired) electrons. The van der Waals surface area contributed by atoms with E-state index < -0.39 is 4.92 Å². The number of anilines is 1. The van der Waals surface area contributed by atoms with Gasteiger partial charge in [0.25, 0.3) is 5.69 Å². The third kappa shape index (κ3) is 6.18. The van der Waals surface area contributed by atoms with Crippen molar-refractivity contribution in [3.05, 3.63) is 83.5 Å². The number of ether oxygens (including phenoxy) is 2. The zero-order valence-corrected chi connectivity index (χ0v) is 19.7. The van der Waals surface area contributed by atoms with Gasteiger partial charge in [-0.15, -0.1) is 0 Å². The molecule has 0 fully saturated rings. The van der Waals surface area contributed by atoms with E-state index in [1.165, 1.54) is 12.1 Å².